The molecule has 102 valence electrons. The van der Waals surface area contributed by atoms with E-state index in [1.165, 1.54) is 12.1 Å². The molecule has 1 saturated heterocycles. The van der Waals surface area contributed by atoms with Crippen LogP contribution in [-0.2, 0) is 4.79 Å². The van der Waals surface area contributed by atoms with Crippen molar-refractivity contribution in [3.63, 3.8) is 0 Å². The number of likely N-dealkylation sites (N-methyl/N-ethyl adjacent to an activating group) is 1. The van der Waals surface area contributed by atoms with Crippen molar-refractivity contribution in [3.8, 4) is 0 Å². The normalized spacial score (nSPS) is 24.3. The topological polar surface area (TPSA) is 43.8 Å². The van der Waals surface area contributed by atoms with E-state index < -0.39 is 0 Å². The molecule has 1 atom stereocenters. The summed E-state index contributed by atoms with van der Waals surface area (Å²) in [5.41, 5.74) is 1.20. The summed E-state index contributed by atoms with van der Waals surface area (Å²) in [5, 5.41) is 9.28. The number of nitrogens with zero attached hydrogens (tertiary/aromatic N) is 2. The highest BCUT2D eigenvalue weighted by atomic mass is 16.3. The van der Waals surface area contributed by atoms with Crippen LogP contribution in [0.2, 0.25) is 0 Å². The molecule has 1 amide bonds. The van der Waals surface area contributed by atoms with Crippen molar-refractivity contribution >= 4 is 5.91 Å². The molecule has 0 aromatic carbocycles. The van der Waals surface area contributed by atoms with Gasteiger partial charge < -0.3 is 10.0 Å². The van der Waals surface area contributed by atoms with Crippen LogP contribution in [-0.4, -0.2) is 53.1 Å². The van der Waals surface area contributed by atoms with Crippen molar-refractivity contribution in [1.82, 2.24) is 9.80 Å². The maximum Gasteiger partial charge on any atom is 0.240 e. The number of hydrogen-bond acceptors (Lipinski definition) is 3. The van der Waals surface area contributed by atoms with Crippen LogP contribution in [0.4, 0.5) is 0 Å². The predicted octanol–water partition coefficient (Wildman–Crippen LogP) is 1.36. The standard InChI is InChI=1S/C14H24N2O2/c1-2-16(12-6-3-4-7-12)14(18)10-15-9-5-8-13(15)11-17/h6,13,17H,2-5,7-11H2,1H3/t13-/m0/s1. The lowest BCUT2D eigenvalue weighted by Crippen LogP contribution is -2.42. The van der Waals surface area contributed by atoms with E-state index in [4.69, 9.17) is 0 Å². The first-order valence-corrected chi connectivity index (χ1v) is 7.10. The smallest absolute Gasteiger partial charge is 0.240 e. The van der Waals surface area contributed by atoms with Crippen LogP contribution in [0, 0.1) is 0 Å². The molecule has 1 aliphatic carbocycles. The van der Waals surface area contributed by atoms with Crippen molar-refractivity contribution in [2.45, 2.75) is 45.1 Å². The van der Waals surface area contributed by atoms with Crippen molar-refractivity contribution < 1.29 is 9.90 Å². The van der Waals surface area contributed by atoms with Crippen LogP contribution in [0.3, 0.4) is 0 Å². The van der Waals surface area contributed by atoms with E-state index in [9.17, 15) is 9.90 Å². The van der Waals surface area contributed by atoms with Gasteiger partial charge in [0.25, 0.3) is 0 Å². The molecule has 0 bridgehead atoms. The summed E-state index contributed by atoms with van der Waals surface area (Å²) in [6.45, 7) is 4.35. The Balaban J connectivity index is 1.93. The lowest BCUT2D eigenvalue weighted by Gasteiger charge is -2.27. The quantitative estimate of drug-likeness (QED) is 0.803. The van der Waals surface area contributed by atoms with Gasteiger partial charge in [-0.2, -0.15) is 0 Å². The first-order valence-electron chi connectivity index (χ1n) is 7.10. The summed E-state index contributed by atoms with van der Waals surface area (Å²) in [6, 6.07) is 0.185. The third-order valence-corrected chi connectivity index (χ3v) is 4.03. The Bertz CT molecular complexity index is 328. The Kier molecular flexibility index (Phi) is 4.78. The van der Waals surface area contributed by atoms with Gasteiger partial charge in [-0.25, -0.2) is 0 Å². The molecule has 2 aliphatic rings. The molecule has 0 aromatic rings. The Hall–Kier alpha value is -0.870. The van der Waals surface area contributed by atoms with Gasteiger partial charge in [0.15, 0.2) is 0 Å². The minimum absolute atomic E-state index is 0.169. The van der Waals surface area contributed by atoms with E-state index in [-0.39, 0.29) is 18.6 Å². The monoisotopic (exact) mass is 252 g/mol. The second-order valence-electron chi connectivity index (χ2n) is 5.17. The summed E-state index contributed by atoms with van der Waals surface area (Å²) in [7, 11) is 0. The summed E-state index contributed by atoms with van der Waals surface area (Å²) in [5.74, 6) is 0.186. The maximum absolute atomic E-state index is 12.3. The Morgan fingerprint density at radius 3 is 3.00 bits per heavy atom. The number of carbonyl (C=O) groups excluding carboxylic acids is 1. The molecule has 4 nitrogen and oxygen atoms in total. The number of aliphatic hydroxyl groups is 1. The molecule has 0 spiro atoms. The number of carbonyl (C=O) groups is 1. The van der Waals surface area contributed by atoms with Crippen molar-refractivity contribution in [3.05, 3.63) is 11.8 Å². The predicted molar refractivity (Wildman–Crippen MR) is 71.0 cm³/mol. The molecular weight excluding hydrogens is 228 g/mol. The molecule has 0 radical (unpaired) electrons. The molecular formula is C14H24N2O2. The van der Waals surface area contributed by atoms with Gasteiger partial charge in [0.2, 0.25) is 5.91 Å². The minimum Gasteiger partial charge on any atom is -0.395 e. The molecule has 0 unspecified atom stereocenters. The molecule has 1 aliphatic heterocycles. The second kappa shape index (κ2) is 6.34. The Morgan fingerprint density at radius 1 is 1.56 bits per heavy atom. The fraction of sp³-hybridized carbons (Fsp3) is 0.786. The van der Waals surface area contributed by atoms with Gasteiger partial charge in [-0.05, 0) is 45.6 Å². The average Bonchev–Trinajstić information content (AvgIpc) is 3.01. The molecule has 1 heterocycles. The molecule has 4 heteroatoms. The van der Waals surface area contributed by atoms with E-state index in [1.54, 1.807) is 0 Å². The molecule has 0 aromatic heterocycles. The number of amides is 1. The third kappa shape index (κ3) is 2.93. The van der Waals surface area contributed by atoms with E-state index in [0.29, 0.717) is 6.54 Å². The van der Waals surface area contributed by atoms with Gasteiger partial charge in [0, 0.05) is 18.3 Å². The molecule has 1 fully saturated rings. The Labute approximate surface area is 109 Å². The Morgan fingerprint density at radius 2 is 2.39 bits per heavy atom. The summed E-state index contributed by atoms with van der Waals surface area (Å²) in [4.78, 5) is 16.4. The summed E-state index contributed by atoms with van der Waals surface area (Å²) < 4.78 is 0. The number of aliphatic hydroxyl groups excluding tert-OH is 1. The highest BCUT2D eigenvalue weighted by Crippen LogP contribution is 2.22. The van der Waals surface area contributed by atoms with E-state index in [1.807, 2.05) is 11.8 Å². The minimum atomic E-state index is 0.169. The average molecular weight is 252 g/mol. The van der Waals surface area contributed by atoms with Gasteiger partial charge in [0.1, 0.15) is 0 Å². The lowest BCUT2D eigenvalue weighted by molar-refractivity contribution is -0.130. The fourth-order valence-electron chi connectivity index (χ4n) is 3.01. The van der Waals surface area contributed by atoms with Crippen molar-refractivity contribution in [1.29, 1.82) is 0 Å². The summed E-state index contributed by atoms with van der Waals surface area (Å²) in [6.07, 6.45) is 7.59. The highest BCUT2D eigenvalue weighted by molar-refractivity contribution is 5.80. The summed E-state index contributed by atoms with van der Waals surface area (Å²) >= 11 is 0. The third-order valence-electron chi connectivity index (χ3n) is 4.03. The van der Waals surface area contributed by atoms with Crippen LogP contribution < -0.4 is 0 Å². The van der Waals surface area contributed by atoms with Gasteiger partial charge >= 0.3 is 0 Å². The fourth-order valence-corrected chi connectivity index (χ4v) is 3.01. The first kappa shape index (κ1) is 13.6. The zero-order valence-corrected chi connectivity index (χ0v) is 11.3. The number of hydrogen-bond donors (Lipinski definition) is 1. The van der Waals surface area contributed by atoms with Crippen LogP contribution in [0.25, 0.3) is 0 Å². The second-order valence-corrected chi connectivity index (χ2v) is 5.17. The van der Waals surface area contributed by atoms with Gasteiger partial charge in [-0.15, -0.1) is 0 Å². The van der Waals surface area contributed by atoms with Gasteiger partial charge in [-0.3, -0.25) is 9.69 Å². The van der Waals surface area contributed by atoms with Crippen LogP contribution in [0.15, 0.2) is 11.8 Å². The van der Waals surface area contributed by atoms with E-state index in [2.05, 4.69) is 11.0 Å². The van der Waals surface area contributed by atoms with E-state index in [0.717, 1.165) is 38.8 Å². The van der Waals surface area contributed by atoms with Crippen molar-refractivity contribution in [2.24, 2.45) is 0 Å². The number of likely N-dealkylation sites (tertiary alicyclic amines) is 1. The zero-order valence-electron chi connectivity index (χ0n) is 11.3. The van der Waals surface area contributed by atoms with Crippen LogP contribution in [0.1, 0.15) is 39.0 Å². The first-order chi connectivity index (χ1) is 8.76. The zero-order chi connectivity index (χ0) is 13.0. The number of rotatable bonds is 5. The van der Waals surface area contributed by atoms with Gasteiger partial charge in [0.05, 0.1) is 13.2 Å². The van der Waals surface area contributed by atoms with E-state index >= 15 is 0 Å². The molecule has 1 N–H and O–H groups in total. The highest BCUT2D eigenvalue weighted by Gasteiger charge is 2.28. The van der Waals surface area contributed by atoms with Crippen LogP contribution in [0.5, 0.6) is 0 Å². The van der Waals surface area contributed by atoms with Gasteiger partial charge in [-0.1, -0.05) is 6.08 Å². The molecule has 0 saturated carbocycles. The lowest BCUT2D eigenvalue weighted by atomic mass is 10.2. The largest absolute Gasteiger partial charge is 0.395 e. The van der Waals surface area contributed by atoms with Crippen LogP contribution >= 0.6 is 0 Å². The van der Waals surface area contributed by atoms with Crippen molar-refractivity contribution in [2.75, 3.05) is 26.2 Å². The molecule has 2 rings (SSSR count). The SMILES string of the molecule is CCN(C(=O)CN1CCC[C@H]1CO)C1=CCCC1. The number of allylic oxidation sites excluding steroid dienone is 2. The molecule has 18 heavy (non-hydrogen) atoms. The maximum atomic E-state index is 12.3.